The average Bonchev–Trinajstić information content (AvgIpc) is 2.44. The van der Waals surface area contributed by atoms with E-state index in [0.717, 1.165) is 13.0 Å². The van der Waals surface area contributed by atoms with Crippen LogP contribution >= 0.6 is 0 Å². The van der Waals surface area contributed by atoms with Gasteiger partial charge in [0.05, 0.1) is 0 Å². The standard InChI is InChI=1S/C14H22FN3O/c1-4-10(3)18(5-2)9-12-7-6-11(8-13(12)15)14(16)17-19/h6-8,10,19H,4-5,9H2,1-3H3,(H2,16,17). The number of rotatable bonds is 6. The van der Waals surface area contributed by atoms with Gasteiger partial charge in [-0.05, 0) is 26.0 Å². The molecule has 0 aliphatic heterocycles. The van der Waals surface area contributed by atoms with Crippen LogP contribution in [0.25, 0.3) is 0 Å². The van der Waals surface area contributed by atoms with Crippen molar-refractivity contribution in [3.05, 3.63) is 35.1 Å². The van der Waals surface area contributed by atoms with Crippen molar-refractivity contribution < 1.29 is 9.60 Å². The zero-order chi connectivity index (χ0) is 14.4. The molecule has 0 saturated carbocycles. The predicted octanol–water partition coefficient (Wildman–Crippen LogP) is 2.54. The van der Waals surface area contributed by atoms with Crippen molar-refractivity contribution in [3.63, 3.8) is 0 Å². The molecule has 1 atom stereocenters. The summed E-state index contributed by atoms with van der Waals surface area (Å²) in [5.41, 5.74) is 6.44. The van der Waals surface area contributed by atoms with Crippen LogP contribution in [0.2, 0.25) is 0 Å². The zero-order valence-electron chi connectivity index (χ0n) is 11.7. The summed E-state index contributed by atoms with van der Waals surface area (Å²) in [5, 5.41) is 11.4. The minimum absolute atomic E-state index is 0.0836. The summed E-state index contributed by atoms with van der Waals surface area (Å²) in [6.45, 7) is 7.75. The maximum Gasteiger partial charge on any atom is 0.170 e. The SMILES string of the molecule is CCC(C)N(CC)Cc1ccc(/C(N)=N/O)cc1F. The second-order valence-electron chi connectivity index (χ2n) is 4.61. The molecule has 0 bridgehead atoms. The Labute approximate surface area is 113 Å². The first-order valence-electron chi connectivity index (χ1n) is 6.53. The van der Waals surface area contributed by atoms with Crippen molar-refractivity contribution in [2.45, 2.75) is 39.8 Å². The molecule has 5 heteroatoms. The molecule has 4 nitrogen and oxygen atoms in total. The molecule has 1 aromatic rings. The van der Waals surface area contributed by atoms with Crippen LogP contribution in [0.4, 0.5) is 4.39 Å². The van der Waals surface area contributed by atoms with E-state index in [0.29, 0.717) is 23.7 Å². The Balaban J connectivity index is 2.91. The highest BCUT2D eigenvalue weighted by molar-refractivity contribution is 5.97. The summed E-state index contributed by atoms with van der Waals surface area (Å²) in [5.74, 6) is -0.412. The van der Waals surface area contributed by atoms with Gasteiger partial charge >= 0.3 is 0 Å². The molecule has 0 aliphatic rings. The average molecular weight is 267 g/mol. The lowest BCUT2D eigenvalue weighted by molar-refractivity contribution is 0.203. The van der Waals surface area contributed by atoms with Crippen molar-refractivity contribution in [1.82, 2.24) is 4.90 Å². The molecule has 1 unspecified atom stereocenters. The highest BCUT2D eigenvalue weighted by atomic mass is 19.1. The van der Waals surface area contributed by atoms with E-state index in [2.05, 4.69) is 30.8 Å². The monoisotopic (exact) mass is 267 g/mol. The molecule has 1 aromatic carbocycles. The van der Waals surface area contributed by atoms with Crippen LogP contribution in [0.5, 0.6) is 0 Å². The molecule has 0 amide bonds. The van der Waals surface area contributed by atoms with E-state index in [4.69, 9.17) is 10.9 Å². The van der Waals surface area contributed by atoms with Gasteiger partial charge < -0.3 is 10.9 Å². The first-order valence-corrected chi connectivity index (χ1v) is 6.53. The summed E-state index contributed by atoms with van der Waals surface area (Å²) in [6, 6.07) is 5.06. The molecule has 0 aliphatic carbocycles. The third-order valence-electron chi connectivity index (χ3n) is 3.45. The van der Waals surface area contributed by atoms with Gasteiger partial charge in [0.1, 0.15) is 5.82 Å². The van der Waals surface area contributed by atoms with Gasteiger partial charge in [0, 0.05) is 23.7 Å². The lowest BCUT2D eigenvalue weighted by Gasteiger charge is -2.27. The van der Waals surface area contributed by atoms with E-state index in [9.17, 15) is 4.39 Å². The molecule has 1 rings (SSSR count). The van der Waals surface area contributed by atoms with Gasteiger partial charge in [0.2, 0.25) is 0 Å². The Bertz CT molecular complexity index is 448. The van der Waals surface area contributed by atoms with E-state index >= 15 is 0 Å². The Morgan fingerprint density at radius 3 is 2.63 bits per heavy atom. The fourth-order valence-electron chi connectivity index (χ4n) is 1.95. The highest BCUT2D eigenvalue weighted by Crippen LogP contribution is 2.15. The Kier molecular flexibility index (Phi) is 5.76. The molecule has 0 radical (unpaired) electrons. The molecule has 0 saturated heterocycles. The Morgan fingerprint density at radius 2 is 2.16 bits per heavy atom. The number of nitrogens with zero attached hydrogens (tertiary/aromatic N) is 2. The summed E-state index contributed by atoms with van der Waals surface area (Å²) in [7, 11) is 0. The van der Waals surface area contributed by atoms with Gasteiger partial charge in [-0.2, -0.15) is 0 Å². The number of benzene rings is 1. The van der Waals surface area contributed by atoms with Crippen LogP contribution in [0, 0.1) is 5.82 Å². The fraction of sp³-hybridized carbons (Fsp3) is 0.500. The van der Waals surface area contributed by atoms with Crippen molar-refractivity contribution in [2.24, 2.45) is 10.9 Å². The van der Waals surface area contributed by atoms with Crippen molar-refractivity contribution in [2.75, 3.05) is 6.54 Å². The fourth-order valence-corrected chi connectivity index (χ4v) is 1.95. The number of nitrogens with two attached hydrogens (primary N) is 1. The summed E-state index contributed by atoms with van der Waals surface area (Å²) >= 11 is 0. The maximum atomic E-state index is 14.0. The first kappa shape index (κ1) is 15.4. The van der Waals surface area contributed by atoms with Crippen LogP contribution in [0.15, 0.2) is 23.4 Å². The number of hydrogen-bond donors (Lipinski definition) is 2. The number of oxime groups is 1. The second-order valence-corrected chi connectivity index (χ2v) is 4.61. The summed E-state index contributed by atoms with van der Waals surface area (Å²) < 4.78 is 14.0. The highest BCUT2D eigenvalue weighted by Gasteiger charge is 2.13. The van der Waals surface area contributed by atoms with Gasteiger partial charge in [-0.15, -0.1) is 0 Å². The topological polar surface area (TPSA) is 61.8 Å². The first-order chi connectivity index (χ1) is 9.03. The quantitative estimate of drug-likeness (QED) is 0.360. The molecular weight excluding hydrogens is 245 g/mol. The second kappa shape index (κ2) is 7.09. The van der Waals surface area contributed by atoms with E-state index in [-0.39, 0.29) is 11.7 Å². The Morgan fingerprint density at radius 1 is 1.47 bits per heavy atom. The smallest absolute Gasteiger partial charge is 0.170 e. The van der Waals surface area contributed by atoms with Gasteiger partial charge in [0.15, 0.2) is 5.84 Å². The molecule has 0 spiro atoms. The van der Waals surface area contributed by atoms with Crippen LogP contribution in [0.1, 0.15) is 38.3 Å². The minimum atomic E-state index is -0.328. The summed E-state index contributed by atoms with van der Waals surface area (Å²) in [6.07, 6.45) is 1.03. The van der Waals surface area contributed by atoms with Crippen LogP contribution in [0.3, 0.4) is 0 Å². The maximum absolute atomic E-state index is 14.0. The van der Waals surface area contributed by atoms with Gasteiger partial charge in [-0.3, -0.25) is 4.90 Å². The molecule has 106 valence electrons. The van der Waals surface area contributed by atoms with Crippen LogP contribution < -0.4 is 5.73 Å². The predicted molar refractivity (Wildman–Crippen MR) is 74.7 cm³/mol. The zero-order valence-corrected chi connectivity index (χ0v) is 11.7. The van der Waals surface area contributed by atoms with E-state index < -0.39 is 0 Å². The molecule has 0 heterocycles. The third kappa shape index (κ3) is 3.92. The van der Waals surface area contributed by atoms with Gasteiger partial charge in [-0.1, -0.05) is 31.1 Å². The molecule has 3 N–H and O–H groups in total. The van der Waals surface area contributed by atoms with Crippen molar-refractivity contribution in [3.8, 4) is 0 Å². The molecule has 19 heavy (non-hydrogen) atoms. The largest absolute Gasteiger partial charge is 0.409 e. The summed E-state index contributed by atoms with van der Waals surface area (Å²) in [4.78, 5) is 2.21. The third-order valence-corrected chi connectivity index (χ3v) is 3.45. The minimum Gasteiger partial charge on any atom is -0.409 e. The molecular formula is C14H22FN3O. The van der Waals surface area contributed by atoms with Gasteiger partial charge in [-0.25, -0.2) is 4.39 Å². The van der Waals surface area contributed by atoms with Crippen LogP contribution in [-0.4, -0.2) is 28.5 Å². The number of hydrogen-bond acceptors (Lipinski definition) is 3. The lowest BCUT2D eigenvalue weighted by Crippen LogP contribution is -2.32. The van der Waals surface area contributed by atoms with E-state index in [1.165, 1.54) is 6.07 Å². The molecule has 0 aromatic heterocycles. The normalized spacial score (nSPS) is 13.8. The van der Waals surface area contributed by atoms with Crippen molar-refractivity contribution >= 4 is 5.84 Å². The Hall–Kier alpha value is -1.62. The van der Waals surface area contributed by atoms with E-state index in [1.54, 1.807) is 12.1 Å². The number of halogens is 1. The molecule has 0 fully saturated rings. The number of amidine groups is 1. The van der Waals surface area contributed by atoms with Crippen molar-refractivity contribution in [1.29, 1.82) is 0 Å². The van der Waals surface area contributed by atoms with Gasteiger partial charge in [0.25, 0.3) is 0 Å². The lowest BCUT2D eigenvalue weighted by atomic mass is 10.1. The van der Waals surface area contributed by atoms with Crippen LogP contribution in [-0.2, 0) is 6.54 Å². The van der Waals surface area contributed by atoms with E-state index in [1.807, 2.05) is 0 Å².